The average Bonchev–Trinajstić information content (AvgIpc) is 2.53. The predicted octanol–water partition coefficient (Wildman–Crippen LogP) is 2.13. The van der Waals surface area contributed by atoms with Crippen molar-refractivity contribution in [2.24, 2.45) is 17.3 Å². The molecule has 4 aliphatic heterocycles. The minimum atomic E-state index is -0.516. The summed E-state index contributed by atoms with van der Waals surface area (Å²) in [5, 5.41) is 20.9. The zero-order chi connectivity index (χ0) is 16.1. The Labute approximate surface area is 133 Å². The van der Waals surface area contributed by atoms with Crippen LogP contribution in [0.5, 0.6) is 17.2 Å². The number of rotatable bonds is 1. The number of hydrogen-bond acceptors (Lipinski definition) is 6. The van der Waals surface area contributed by atoms with E-state index in [0.717, 1.165) is 12.8 Å². The number of ketones is 1. The standard InChI is InChI=1S/C17H18O6/c1-17-9-4-3-6-12(17)14(20)10-7(18)5-8(21-2)13(19)11(10)15(17)23-16(6)22-9/h5-6,9,12,15-16,18-19H,3-4H2,1-2H3/t6-,9+,12+,15-,16+,17+/m1/s1. The highest BCUT2D eigenvalue weighted by Gasteiger charge is 2.70. The minimum Gasteiger partial charge on any atom is -0.507 e. The maximum atomic E-state index is 13.2. The van der Waals surface area contributed by atoms with E-state index >= 15 is 0 Å². The fourth-order valence-corrected chi connectivity index (χ4v) is 5.33. The summed E-state index contributed by atoms with van der Waals surface area (Å²) in [5.41, 5.74) is 0.0175. The monoisotopic (exact) mass is 318 g/mol. The van der Waals surface area contributed by atoms with E-state index in [1.54, 1.807) is 0 Å². The van der Waals surface area contributed by atoms with Gasteiger partial charge >= 0.3 is 0 Å². The van der Waals surface area contributed by atoms with E-state index in [1.165, 1.54) is 13.2 Å². The molecule has 1 saturated carbocycles. The van der Waals surface area contributed by atoms with Crippen LogP contribution in [0.3, 0.4) is 0 Å². The molecule has 0 unspecified atom stereocenters. The largest absolute Gasteiger partial charge is 0.507 e. The van der Waals surface area contributed by atoms with Gasteiger partial charge in [0.1, 0.15) is 5.75 Å². The number of phenolic OH excluding ortho intramolecular Hbond substituents is 2. The minimum absolute atomic E-state index is 0.0190. The highest BCUT2D eigenvalue weighted by atomic mass is 16.7. The molecule has 6 nitrogen and oxygen atoms in total. The lowest BCUT2D eigenvalue weighted by molar-refractivity contribution is -0.395. The van der Waals surface area contributed by atoms with Crippen LogP contribution in [-0.2, 0) is 9.47 Å². The maximum Gasteiger partial charge on any atom is 0.171 e. The van der Waals surface area contributed by atoms with Gasteiger partial charge < -0.3 is 24.4 Å². The van der Waals surface area contributed by atoms with Crippen LogP contribution in [-0.4, -0.2) is 35.5 Å². The molecule has 2 N–H and O–H groups in total. The van der Waals surface area contributed by atoms with Crippen molar-refractivity contribution in [3.8, 4) is 17.2 Å². The Morgan fingerprint density at radius 1 is 1.30 bits per heavy atom. The third kappa shape index (κ3) is 1.32. The average molecular weight is 318 g/mol. The lowest BCUT2D eigenvalue weighted by atomic mass is 9.49. The third-order valence-electron chi connectivity index (χ3n) is 6.33. The molecule has 7 rings (SSSR count). The lowest BCUT2D eigenvalue weighted by Crippen LogP contribution is -2.69. The topological polar surface area (TPSA) is 85.2 Å². The molecule has 6 bridgehead atoms. The molecule has 122 valence electrons. The molecule has 4 heterocycles. The lowest BCUT2D eigenvalue weighted by Gasteiger charge is -2.66. The highest BCUT2D eigenvalue weighted by molar-refractivity contribution is 6.05. The number of benzene rings is 1. The van der Waals surface area contributed by atoms with E-state index in [4.69, 9.17) is 14.2 Å². The molecule has 6 aliphatic rings. The zero-order valence-corrected chi connectivity index (χ0v) is 12.9. The smallest absolute Gasteiger partial charge is 0.171 e. The zero-order valence-electron chi connectivity index (χ0n) is 12.9. The Morgan fingerprint density at radius 2 is 2.09 bits per heavy atom. The first kappa shape index (κ1) is 13.6. The molecular weight excluding hydrogens is 300 g/mol. The first-order valence-corrected chi connectivity index (χ1v) is 7.96. The fourth-order valence-electron chi connectivity index (χ4n) is 5.33. The Morgan fingerprint density at radius 3 is 2.83 bits per heavy atom. The van der Waals surface area contributed by atoms with Gasteiger partial charge in [0, 0.05) is 28.9 Å². The maximum absolute atomic E-state index is 13.2. The van der Waals surface area contributed by atoms with Crippen molar-refractivity contribution in [2.45, 2.75) is 38.3 Å². The number of fused-ring (bicyclic) bond motifs is 2. The van der Waals surface area contributed by atoms with Crippen molar-refractivity contribution in [3.05, 3.63) is 17.2 Å². The first-order valence-electron chi connectivity index (χ1n) is 7.96. The fraction of sp³-hybridized carbons (Fsp3) is 0.588. The second kappa shape index (κ2) is 3.99. The molecule has 6 atom stereocenters. The normalized spacial score (nSPS) is 42.7. The number of aromatic hydroxyl groups is 2. The second-order valence-electron chi connectivity index (χ2n) is 7.19. The predicted molar refractivity (Wildman–Crippen MR) is 77.5 cm³/mol. The number of carbonyl (C=O) groups is 1. The van der Waals surface area contributed by atoms with Gasteiger partial charge in [-0.05, 0) is 12.8 Å². The van der Waals surface area contributed by atoms with Gasteiger partial charge in [-0.3, -0.25) is 4.79 Å². The van der Waals surface area contributed by atoms with Crippen LogP contribution >= 0.6 is 0 Å². The summed E-state index contributed by atoms with van der Waals surface area (Å²) in [6.45, 7) is 2.01. The van der Waals surface area contributed by atoms with Crippen molar-refractivity contribution in [1.82, 2.24) is 0 Å². The molecule has 0 amide bonds. The SMILES string of the molecule is COc1cc(O)c2c(c1O)[C@H]1O[C@@H]3O[C@H]4CC[C@@H]3[C@@H](C2=O)[C@]41C. The van der Waals surface area contributed by atoms with Crippen LogP contribution in [0.2, 0.25) is 0 Å². The van der Waals surface area contributed by atoms with E-state index in [0.29, 0.717) is 5.56 Å². The molecule has 1 aromatic rings. The van der Waals surface area contributed by atoms with E-state index in [2.05, 4.69) is 0 Å². The van der Waals surface area contributed by atoms with Gasteiger partial charge in [-0.1, -0.05) is 6.92 Å². The van der Waals surface area contributed by atoms with Gasteiger partial charge in [-0.2, -0.15) is 0 Å². The molecule has 2 aliphatic carbocycles. The van der Waals surface area contributed by atoms with E-state index in [1.807, 2.05) is 6.92 Å². The number of methoxy groups -OCH3 is 1. The van der Waals surface area contributed by atoms with Crippen LogP contribution in [0, 0.1) is 17.3 Å². The molecule has 4 saturated heterocycles. The van der Waals surface area contributed by atoms with Crippen LogP contribution in [0.15, 0.2) is 6.07 Å². The molecule has 5 fully saturated rings. The molecule has 0 aromatic heterocycles. The van der Waals surface area contributed by atoms with Gasteiger partial charge in [0.15, 0.2) is 23.6 Å². The van der Waals surface area contributed by atoms with Crippen LogP contribution in [0.4, 0.5) is 0 Å². The van der Waals surface area contributed by atoms with Crippen molar-refractivity contribution < 1.29 is 29.2 Å². The molecule has 6 heteroatoms. The van der Waals surface area contributed by atoms with Crippen molar-refractivity contribution >= 4 is 5.78 Å². The Hall–Kier alpha value is -1.79. The third-order valence-corrected chi connectivity index (χ3v) is 6.33. The van der Waals surface area contributed by atoms with Crippen LogP contribution < -0.4 is 4.74 Å². The van der Waals surface area contributed by atoms with E-state index < -0.39 is 17.8 Å². The van der Waals surface area contributed by atoms with Gasteiger partial charge in [-0.25, -0.2) is 0 Å². The number of hydrogen-bond donors (Lipinski definition) is 2. The van der Waals surface area contributed by atoms with Gasteiger partial charge in [0.2, 0.25) is 0 Å². The number of phenols is 2. The summed E-state index contributed by atoms with van der Waals surface area (Å²) < 4.78 is 17.2. The first-order chi connectivity index (χ1) is 11.0. The summed E-state index contributed by atoms with van der Waals surface area (Å²) in [7, 11) is 1.41. The van der Waals surface area contributed by atoms with Crippen LogP contribution in [0.1, 0.15) is 41.8 Å². The number of ether oxygens (including phenoxy) is 3. The van der Waals surface area contributed by atoms with E-state index in [9.17, 15) is 15.0 Å². The Balaban J connectivity index is 1.82. The number of carbonyl (C=O) groups excluding carboxylic acids is 1. The summed E-state index contributed by atoms with van der Waals surface area (Å²) in [5.74, 6) is -0.457. The number of Topliss-reactive ketones (excluding diaryl/α,β-unsaturated/α-hetero) is 1. The molecule has 1 aromatic carbocycles. The summed E-state index contributed by atoms with van der Waals surface area (Å²) >= 11 is 0. The van der Waals surface area contributed by atoms with Crippen molar-refractivity contribution in [1.29, 1.82) is 0 Å². The summed E-state index contributed by atoms with van der Waals surface area (Å²) in [4.78, 5) is 13.2. The van der Waals surface area contributed by atoms with Gasteiger partial charge in [0.05, 0.1) is 24.9 Å². The molecule has 0 spiro atoms. The van der Waals surface area contributed by atoms with Gasteiger partial charge in [-0.15, -0.1) is 0 Å². The van der Waals surface area contributed by atoms with E-state index in [-0.39, 0.29) is 46.5 Å². The second-order valence-corrected chi connectivity index (χ2v) is 7.19. The Bertz CT molecular complexity index is 743. The molecule has 23 heavy (non-hydrogen) atoms. The summed E-state index contributed by atoms with van der Waals surface area (Å²) in [6, 6.07) is 1.29. The molecular formula is C17H18O6. The van der Waals surface area contributed by atoms with Crippen molar-refractivity contribution in [3.63, 3.8) is 0 Å². The molecule has 0 radical (unpaired) electrons. The van der Waals surface area contributed by atoms with Crippen molar-refractivity contribution in [2.75, 3.05) is 7.11 Å². The summed E-state index contributed by atoms with van der Waals surface area (Å²) in [6.07, 6.45) is 0.850. The van der Waals surface area contributed by atoms with Gasteiger partial charge in [0.25, 0.3) is 0 Å². The van der Waals surface area contributed by atoms with Crippen LogP contribution in [0.25, 0.3) is 0 Å². The Kier molecular flexibility index (Phi) is 2.37. The quantitative estimate of drug-likeness (QED) is 0.772. The highest BCUT2D eigenvalue weighted by Crippen LogP contribution is 2.69.